The van der Waals surface area contributed by atoms with Crippen molar-refractivity contribution in [3.63, 3.8) is 0 Å². The Bertz CT molecular complexity index is 1080. The Labute approximate surface area is 193 Å². The van der Waals surface area contributed by atoms with Gasteiger partial charge in [-0.1, -0.05) is 52.7 Å². The highest BCUT2D eigenvalue weighted by atomic mass is 35.5. The van der Waals surface area contributed by atoms with Crippen molar-refractivity contribution >= 4 is 57.9 Å². The van der Waals surface area contributed by atoms with Crippen molar-refractivity contribution in [1.29, 1.82) is 0 Å². The lowest BCUT2D eigenvalue weighted by molar-refractivity contribution is 0.102. The molecule has 0 atom stereocenters. The second-order valence-electron chi connectivity index (χ2n) is 7.08. The van der Waals surface area contributed by atoms with Crippen molar-refractivity contribution in [2.24, 2.45) is 0 Å². The molecule has 1 fully saturated rings. The molecule has 1 aliphatic rings. The topological polar surface area (TPSA) is 87.2 Å². The monoisotopic (exact) mass is 475 g/mol. The van der Waals surface area contributed by atoms with Crippen LogP contribution in [0.2, 0.25) is 10.0 Å². The van der Waals surface area contributed by atoms with Crippen molar-refractivity contribution in [2.75, 3.05) is 23.7 Å². The van der Waals surface area contributed by atoms with Gasteiger partial charge in [0.15, 0.2) is 0 Å². The standard InChI is InChI=1S/C21H19Cl2N5O2S/c22-14-6-7-16(23)17(12-14)25-21(30)28-10-8-13(9-11-28)19-26-27-20(31-19)18(29)24-15-4-2-1-3-5-15/h1-7,12-13H,8-11H2,(H,24,29)(H,25,30). The van der Waals surface area contributed by atoms with E-state index >= 15 is 0 Å². The van der Waals surface area contributed by atoms with Crippen molar-refractivity contribution in [3.05, 3.63) is 68.6 Å². The van der Waals surface area contributed by atoms with E-state index in [9.17, 15) is 9.59 Å². The number of carbonyl (C=O) groups is 2. The fourth-order valence-corrected chi connectivity index (χ4v) is 4.56. The number of benzene rings is 2. The molecule has 2 aromatic carbocycles. The number of carbonyl (C=O) groups excluding carboxylic acids is 2. The van der Waals surface area contributed by atoms with Crippen LogP contribution in [0.25, 0.3) is 0 Å². The number of anilines is 2. The van der Waals surface area contributed by atoms with Crippen LogP contribution in [0.4, 0.5) is 16.2 Å². The minimum absolute atomic E-state index is 0.162. The van der Waals surface area contributed by atoms with Crippen LogP contribution < -0.4 is 10.6 Å². The van der Waals surface area contributed by atoms with E-state index in [1.165, 1.54) is 11.3 Å². The Morgan fingerprint density at radius 1 is 1.00 bits per heavy atom. The molecule has 0 bridgehead atoms. The third-order valence-electron chi connectivity index (χ3n) is 4.97. The molecule has 3 aromatic rings. The molecule has 1 saturated heterocycles. The second-order valence-corrected chi connectivity index (χ2v) is 8.93. The number of nitrogens with zero attached hydrogens (tertiary/aromatic N) is 3. The molecule has 2 heterocycles. The maximum Gasteiger partial charge on any atom is 0.321 e. The van der Waals surface area contributed by atoms with Gasteiger partial charge in [0, 0.05) is 29.7 Å². The lowest BCUT2D eigenvalue weighted by Gasteiger charge is -2.31. The van der Waals surface area contributed by atoms with Crippen LogP contribution in [0.5, 0.6) is 0 Å². The molecule has 3 amide bonds. The van der Waals surface area contributed by atoms with Crippen molar-refractivity contribution in [2.45, 2.75) is 18.8 Å². The Kier molecular flexibility index (Phi) is 6.70. The summed E-state index contributed by atoms with van der Waals surface area (Å²) in [4.78, 5) is 26.7. The zero-order valence-corrected chi connectivity index (χ0v) is 18.7. The number of likely N-dealkylation sites (tertiary alicyclic amines) is 1. The molecule has 0 saturated carbocycles. The van der Waals surface area contributed by atoms with Crippen molar-refractivity contribution < 1.29 is 9.59 Å². The van der Waals surface area contributed by atoms with Crippen molar-refractivity contribution in [3.8, 4) is 0 Å². The van der Waals surface area contributed by atoms with E-state index in [-0.39, 0.29) is 17.9 Å². The van der Waals surface area contributed by atoms with Crippen LogP contribution >= 0.6 is 34.5 Å². The van der Waals surface area contributed by atoms with Gasteiger partial charge in [0.2, 0.25) is 5.01 Å². The maximum absolute atomic E-state index is 12.6. The number of hydrogen-bond donors (Lipinski definition) is 2. The number of para-hydroxylation sites is 1. The quantitative estimate of drug-likeness (QED) is 0.520. The zero-order valence-electron chi connectivity index (χ0n) is 16.3. The summed E-state index contributed by atoms with van der Waals surface area (Å²) in [7, 11) is 0. The summed E-state index contributed by atoms with van der Waals surface area (Å²) < 4.78 is 0. The van der Waals surface area contributed by atoms with E-state index in [0.29, 0.717) is 39.5 Å². The summed E-state index contributed by atoms with van der Waals surface area (Å²) in [5, 5.41) is 16.0. The average Bonchev–Trinajstić information content (AvgIpc) is 3.28. The number of aromatic nitrogens is 2. The lowest BCUT2D eigenvalue weighted by atomic mass is 9.98. The van der Waals surface area contributed by atoms with Gasteiger partial charge in [0.1, 0.15) is 5.01 Å². The Balaban J connectivity index is 1.32. The van der Waals surface area contributed by atoms with E-state index in [0.717, 1.165) is 17.8 Å². The number of nitrogens with one attached hydrogen (secondary N) is 2. The fourth-order valence-electron chi connectivity index (χ4n) is 3.31. The summed E-state index contributed by atoms with van der Waals surface area (Å²) >= 11 is 13.4. The highest BCUT2D eigenvalue weighted by molar-refractivity contribution is 7.13. The first-order chi connectivity index (χ1) is 15.0. The molecular formula is C21H19Cl2N5O2S. The molecule has 0 aliphatic carbocycles. The van der Waals surface area contributed by atoms with Gasteiger partial charge in [0.05, 0.1) is 10.7 Å². The molecule has 10 heteroatoms. The summed E-state index contributed by atoms with van der Waals surface area (Å²) in [5.74, 6) is -0.111. The SMILES string of the molecule is O=C(Nc1ccccc1)c1nnc(C2CCN(C(=O)Nc3cc(Cl)ccc3Cl)CC2)s1. The lowest BCUT2D eigenvalue weighted by Crippen LogP contribution is -2.40. The molecule has 7 nitrogen and oxygen atoms in total. The highest BCUT2D eigenvalue weighted by Gasteiger charge is 2.27. The van der Waals surface area contributed by atoms with Gasteiger partial charge >= 0.3 is 6.03 Å². The van der Waals surface area contributed by atoms with Crippen molar-refractivity contribution in [1.82, 2.24) is 15.1 Å². The zero-order chi connectivity index (χ0) is 21.8. The van der Waals surface area contributed by atoms with E-state index in [1.807, 2.05) is 30.3 Å². The molecule has 0 spiro atoms. The van der Waals surface area contributed by atoms with Gasteiger partial charge < -0.3 is 15.5 Å². The predicted octanol–water partition coefficient (Wildman–Crippen LogP) is 5.51. The van der Waals surface area contributed by atoms with Crippen LogP contribution in [0, 0.1) is 0 Å². The number of hydrogen-bond acceptors (Lipinski definition) is 5. The summed E-state index contributed by atoms with van der Waals surface area (Å²) in [6, 6.07) is 13.9. The molecule has 1 aromatic heterocycles. The Morgan fingerprint density at radius 3 is 2.48 bits per heavy atom. The van der Waals surface area contributed by atoms with Gasteiger partial charge in [-0.15, -0.1) is 10.2 Å². The maximum atomic E-state index is 12.6. The third-order valence-corrected chi connectivity index (χ3v) is 6.62. The van der Waals surface area contributed by atoms with E-state index < -0.39 is 0 Å². The van der Waals surface area contributed by atoms with Gasteiger partial charge in [-0.05, 0) is 43.2 Å². The molecule has 31 heavy (non-hydrogen) atoms. The van der Waals surface area contributed by atoms with Crippen LogP contribution in [-0.4, -0.2) is 40.1 Å². The Morgan fingerprint density at radius 2 is 1.74 bits per heavy atom. The second kappa shape index (κ2) is 9.64. The fraction of sp³-hybridized carbons (Fsp3) is 0.238. The number of rotatable bonds is 4. The number of urea groups is 1. The first-order valence-electron chi connectivity index (χ1n) is 9.70. The molecule has 4 rings (SSSR count). The largest absolute Gasteiger partial charge is 0.324 e. The number of halogens is 2. The first kappa shape index (κ1) is 21.5. The third kappa shape index (κ3) is 5.33. The van der Waals surface area contributed by atoms with Crippen LogP contribution in [0.3, 0.4) is 0 Å². The van der Waals surface area contributed by atoms with E-state index in [1.54, 1.807) is 23.1 Å². The summed E-state index contributed by atoms with van der Waals surface area (Å²) in [6.45, 7) is 1.14. The molecule has 2 N–H and O–H groups in total. The van der Waals surface area contributed by atoms with E-state index in [2.05, 4.69) is 20.8 Å². The van der Waals surface area contributed by atoms with Crippen LogP contribution in [0.15, 0.2) is 48.5 Å². The van der Waals surface area contributed by atoms with Gasteiger partial charge in [-0.2, -0.15) is 0 Å². The molecule has 1 aliphatic heterocycles. The molecule has 0 radical (unpaired) electrons. The predicted molar refractivity (Wildman–Crippen MR) is 123 cm³/mol. The summed E-state index contributed by atoms with van der Waals surface area (Å²) in [5.41, 5.74) is 1.20. The first-order valence-corrected chi connectivity index (χ1v) is 11.3. The normalized spacial score (nSPS) is 14.3. The smallest absolute Gasteiger partial charge is 0.321 e. The molecule has 160 valence electrons. The number of amides is 3. The molecule has 0 unspecified atom stereocenters. The number of piperidine rings is 1. The average molecular weight is 476 g/mol. The van der Waals surface area contributed by atoms with Crippen LogP contribution in [0.1, 0.15) is 33.6 Å². The minimum Gasteiger partial charge on any atom is -0.324 e. The Hall–Kier alpha value is -2.68. The van der Waals surface area contributed by atoms with Gasteiger partial charge in [-0.25, -0.2) is 4.79 Å². The highest BCUT2D eigenvalue weighted by Crippen LogP contribution is 2.31. The van der Waals surface area contributed by atoms with E-state index in [4.69, 9.17) is 23.2 Å². The summed E-state index contributed by atoms with van der Waals surface area (Å²) in [6.07, 6.45) is 1.48. The van der Waals surface area contributed by atoms with Gasteiger partial charge in [0.25, 0.3) is 5.91 Å². The minimum atomic E-state index is -0.273. The molecular weight excluding hydrogens is 457 g/mol. The van der Waals surface area contributed by atoms with Crippen LogP contribution in [-0.2, 0) is 0 Å². The van der Waals surface area contributed by atoms with Gasteiger partial charge in [-0.3, -0.25) is 4.79 Å².